The molecule has 0 aliphatic carbocycles. The number of aliphatic hydroxyl groups excluding tert-OH is 5. The first-order valence-electron chi connectivity index (χ1n) is 10.6. The SMILES string of the molecule is CCCCCCCC(=O)OCC(O)COCC(O)COCC(O)COCC(O)CO. The van der Waals surface area contributed by atoms with E-state index < -0.39 is 31.0 Å². The minimum Gasteiger partial charge on any atom is -0.463 e. The quantitative estimate of drug-likeness (QED) is 0.115. The molecule has 0 fully saturated rings. The van der Waals surface area contributed by atoms with Crippen LogP contribution >= 0.6 is 0 Å². The fraction of sp³-hybridized carbons (Fsp3) is 0.950. The molecule has 0 amide bonds. The van der Waals surface area contributed by atoms with Crippen LogP contribution in [0, 0.1) is 0 Å². The van der Waals surface area contributed by atoms with Gasteiger partial charge in [0.05, 0.1) is 46.2 Å². The van der Waals surface area contributed by atoms with Crippen molar-refractivity contribution in [3.63, 3.8) is 0 Å². The highest BCUT2D eigenvalue weighted by molar-refractivity contribution is 5.69. The van der Waals surface area contributed by atoms with E-state index in [-0.39, 0.29) is 52.2 Å². The van der Waals surface area contributed by atoms with E-state index in [2.05, 4.69) is 6.92 Å². The molecule has 0 bridgehead atoms. The second-order valence-corrected chi connectivity index (χ2v) is 7.26. The maximum absolute atomic E-state index is 11.6. The minimum absolute atomic E-state index is 0.0761. The van der Waals surface area contributed by atoms with Gasteiger partial charge in [0.25, 0.3) is 0 Å². The number of carbonyl (C=O) groups is 1. The van der Waals surface area contributed by atoms with Gasteiger partial charge in [-0.1, -0.05) is 32.6 Å². The molecule has 10 heteroatoms. The zero-order valence-corrected chi connectivity index (χ0v) is 18.0. The summed E-state index contributed by atoms with van der Waals surface area (Å²) in [5.41, 5.74) is 0. The summed E-state index contributed by atoms with van der Waals surface area (Å²) < 4.78 is 20.3. The summed E-state index contributed by atoms with van der Waals surface area (Å²) in [5, 5.41) is 46.8. The molecule has 0 spiro atoms. The molecule has 0 heterocycles. The third kappa shape index (κ3) is 19.1. The van der Waals surface area contributed by atoms with Gasteiger partial charge in [-0.2, -0.15) is 0 Å². The topological polar surface area (TPSA) is 155 Å². The number of unbranched alkanes of at least 4 members (excludes halogenated alkanes) is 4. The number of rotatable bonds is 21. The summed E-state index contributed by atoms with van der Waals surface area (Å²) in [7, 11) is 0. The molecule has 0 saturated carbocycles. The van der Waals surface area contributed by atoms with E-state index in [9.17, 15) is 20.1 Å². The van der Waals surface area contributed by atoms with E-state index in [1.54, 1.807) is 0 Å². The van der Waals surface area contributed by atoms with Gasteiger partial charge in [0.2, 0.25) is 0 Å². The third-order valence-corrected chi connectivity index (χ3v) is 3.99. The lowest BCUT2D eigenvalue weighted by Crippen LogP contribution is -2.30. The van der Waals surface area contributed by atoms with Crippen molar-refractivity contribution >= 4 is 5.97 Å². The van der Waals surface area contributed by atoms with Crippen LogP contribution in [0.3, 0.4) is 0 Å². The molecule has 0 rings (SSSR count). The maximum atomic E-state index is 11.6. The van der Waals surface area contributed by atoms with E-state index >= 15 is 0 Å². The highest BCUT2D eigenvalue weighted by atomic mass is 16.6. The number of esters is 1. The Morgan fingerprint density at radius 3 is 1.57 bits per heavy atom. The molecule has 0 aliphatic rings. The Kier molecular flexibility index (Phi) is 19.5. The number of hydrogen-bond donors (Lipinski definition) is 5. The average Bonchev–Trinajstić information content (AvgIpc) is 2.72. The molecule has 30 heavy (non-hydrogen) atoms. The number of carbonyl (C=O) groups excluding carboxylic acids is 1. The molecule has 4 atom stereocenters. The average molecular weight is 441 g/mol. The third-order valence-electron chi connectivity index (χ3n) is 3.99. The summed E-state index contributed by atoms with van der Waals surface area (Å²) in [5.74, 6) is -0.340. The van der Waals surface area contributed by atoms with E-state index in [1.165, 1.54) is 0 Å². The number of ether oxygens (including phenoxy) is 4. The van der Waals surface area contributed by atoms with Crippen molar-refractivity contribution in [3.8, 4) is 0 Å². The van der Waals surface area contributed by atoms with Gasteiger partial charge >= 0.3 is 5.97 Å². The van der Waals surface area contributed by atoms with Crippen LogP contribution in [-0.2, 0) is 23.7 Å². The zero-order chi connectivity index (χ0) is 22.6. The first-order chi connectivity index (χ1) is 14.4. The lowest BCUT2D eigenvalue weighted by atomic mass is 10.1. The summed E-state index contributed by atoms with van der Waals surface area (Å²) >= 11 is 0. The van der Waals surface area contributed by atoms with Crippen molar-refractivity contribution in [2.24, 2.45) is 0 Å². The Bertz CT molecular complexity index is 396. The Morgan fingerprint density at radius 1 is 0.667 bits per heavy atom. The largest absolute Gasteiger partial charge is 0.463 e. The Balaban J connectivity index is 3.59. The first kappa shape index (κ1) is 29.1. The van der Waals surface area contributed by atoms with Crippen molar-refractivity contribution in [1.29, 1.82) is 0 Å². The molecule has 0 aromatic heterocycles. The Hall–Kier alpha value is -0.850. The van der Waals surface area contributed by atoms with E-state index in [1.807, 2.05) is 0 Å². The molecule has 0 aliphatic heterocycles. The molecule has 180 valence electrons. The van der Waals surface area contributed by atoms with Crippen LogP contribution in [-0.4, -0.2) is 109 Å². The Morgan fingerprint density at radius 2 is 1.10 bits per heavy atom. The molecule has 4 unspecified atom stereocenters. The van der Waals surface area contributed by atoms with Gasteiger partial charge in [-0.15, -0.1) is 0 Å². The smallest absolute Gasteiger partial charge is 0.305 e. The molecule has 0 aromatic carbocycles. The fourth-order valence-electron chi connectivity index (χ4n) is 2.35. The van der Waals surface area contributed by atoms with Gasteiger partial charge in [0, 0.05) is 6.42 Å². The summed E-state index contributed by atoms with van der Waals surface area (Å²) in [6.45, 7) is 1.03. The Labute approximate surface area is 178 Å². The fourth-order valence-corrected chi connectivity index (χ4v) is 2.35. The summed E-state index contributed by atoms with van der Waals surface area (Å²) in [6, 6.07) is 0. The number of aliphatic hydroxyl groups is 5. The van der Waals surface area contributed by atoms with Crippen molar-refractivity contribution < 1.29 is 49.3 Å². The first-order valence-corrected chi connectivity index (χ1v) is 10.6. The standard InChI is InChI=1S/C20H40O10/c1-2-3-4-5-6-7-20(26)30-15-19(25)14-29-13-18(24)12-28-11-17(23)10-27-9-16(22)8-21/h16-19,21-25H,2-15H2,1H3. The van der Waals surface area contributed by atoms with E-state index in [4.69, 9.17) is 29.2 Å². The lowest BCUT2D eigenvalue weighted by Gasteiger charge is -2.16. The van der Waals surface area contributed by atoms with Gasteiger partial charge in [-0.05, 0) is 6.42 Å². The van der Waals surface area contributed by atoms with Gasteiger partial charge in [0.15, 0.2) is 0 Å². The minimum atomic E-state index is -0.994. The van der Waals surface area contributed by atoms with Gasteiger partial charge in [-0.25, -0.2) is 0 Å². The van der Waals surface area contributed by atoms with Crippen molar-refractivity contribution in [3.05, 3.63) is 0 Å². The van der Waals surface area contributed by atoms with Gasteiger partial charge < -0.3 is 44.5 Å². The van der Waals surface area contributed by atoms with Crippen molar-refractivity contribution in [2.45, 2.75) is 69.9 Å². The monoisotopic (exact) mass is 440 g/mol. The molecular weight excluding hydrogens is 400 g/mol. The van der Waals surface area contributed by atoms with Crippen LogP contribution in [0.5, 0.6) is 0 Å². The maximum Gasteiger partial charge on any atom is 0.305 e. The van der Waals surface area contributed by atoms with Crippen LogP contribution in [0.15, 0.2) is 0 Å². The molecule has 0 saturated heterocycles. The van der Waals surface area contributed by atoms with Crippen LogP contribution < -0.4 is 0 Å². The summed E-state index contributed by atoms with van der Waals surface area (Å²) in [4.78, 5) is 11.6. The highest BCUT2D eigenvalue weighted by Crippen LogP contribution is 2.06. The van der Waals surface area contributed by atoms with Crippen molar-refractivity contribution in [1.82, 2.24) is 0 Å². The normalized spacial score (nSPS) is 15.5. The molecular formula is C20H40O10. The molecule has 0 aromatic rings. The van der Waals surface area contributed by atoms with E-state index in [0.717, 1.165) is 32.1 Å². The molecule has 5 N–H and O–H groups in total. The van der Waals surface area contributed by atoms with Crippen molar-refractivity contribution in [2.75, 3.05) is 52.9 Å². The lowest BCUT2D eigenvalue weighted by molar-refractivity contribution is -0.148. The summed E-state index contributed by atoms with van der Waals surface area (Å²) in [6.07, 6.45) is 1.66. The predicted molar refractivity (Wildman–Crippen MR) is 108 cm³/mol. The molecule has 0 radical (unpaired) electrons. The zero-order valence-electron chi connectivity index (χ0n) is 18.0. The van der Waals surface area contributed by atoms with Crippen LogP contribution in [0.25, 0.3) is 0 Å². The highest BCUT2D eigenvalue weighted by Gasteiger charge is 2.12. The second-order valence-electron chi connectivity index (χ2n) is 7.26. The van der Waals surface area contributed by atoms with Gasteiger partial charge in [-0.3, -0.25) is 4.79 Å². The van der Waals surface area contributed by atoms with Crippen LogP contribution in [0.2, 0.25) is 0 Å². The van der Waals surface area contributed by atoms with Crippen LogP contribution in [0.1, 0.15) is 45.4 Å². The second kappa shape index (κ2) is 20.1. The number of hydrogen-bond acceptors (Lipinski definition) is 10. The van der Waals surface area contributed by atoms with E-state index in [0.29, 0.717) is 6.42 Å². The molecule has 10 nitrogen and oxygen atoms in total. The van der Waals surface area contributed by atoms with Gasteiger partial charge in [0.1, 0.15) is 31.0 Å². The predicted octanol–water partition coefficient (Wildman–Crippen LogP) is -0.624. The van der Waals surface area contributed by atoms with Crippen LogP contribution in [0.4, 0.5) is 0 Å².